The van der Waals surface area contributed by atoms with Gasteiger partial charge < -0.3 is 9.64 Å². The van der Waals surface area contributed by atoms with Gasteiger partial charge in [0.25, 0.3) is 0 Å². The lowest BCUT2D eigenvalue weighted by Gasteiger charge is -2.32. The van der Waals surface area contributed by atoms with Crippen LogP contribution in [0.5, 0.6) is 0 Å². The molecule has 0 atom stereocenters. The van der Waals surface area contributed by atoms with Gasteiger partial charge in [-0.25, -0.2) is 0 Å². The highest BCUT2D eigenvalue weighted by Gasteiger charge is 2.18. The maximum absolute atomic E-state index is 5.35. The summed E-state index contributed by atoms with van der Waals surface area (Å²) in [6.45, 7) is 2.10. The van der Waals surface area contributed by atoms with Crippen molar-refractivity contribution in [2.75, 3.05) is 25.1 Å². The second-order valence-electron chi connectivity index (χ2n) is 3.78. The monoisotopic (exact) mass is 270 g/mol. The Labute approximate surface area is 98.6 Å². The number of pyridine rings is 1. The van der Waals surface area contributed by atoms with E-state index in [1.54, 1.807) is 7.11 Å². The lowest BCUT2D eigenvalue weighted by Crippen LogP contribution is -2.36. The predicted molar refractivity (Wildman–Crippen MR) is 64.2 cm³/mol. The molecule has 82 valence electrons. The van der Waals surface area contributed by atoms with Gasteiger partial charge in [-0.05, 0) is 34.8 Å². The van der Waals surface area contributed by atoms with E-state index in [-0.39, 0.29) is 0 Å². The average molecular weight is 271 g/mol. The van der Waals surface area contributed by atoms with Crippen molar-refractivity contribution in [3.05, 3.63) is 22.9 Å². The van der Waals surface area contributed by atoms with Crippen LogP contribution >= 0.6 is 15.9 Å². The third kappa shape index (κ3) is 2.69. The minimum Gasteiger partial charge on any atom is -0.381 e. The van der Waals surface area contributed by atoms with Crippen molar-refractivity contribution in [2.45, 2.75) is 18.9 Å². The molecular weight excluding hydrogens is 256 g/mol. The number of methoxy groups -OCH3 is 1. The molecule has 0 aromatic carbocycles. The molecule has 2 heterocycles. The van der Waals surface area contributed by atoms with Crippen LogP contribution in [0.4, 0.5) is 5.69 Å². The molecule has 0 amide bonds. The van der Waals surface area contributed by atoms with Crippen molar-refractivity contribution < 1.29 is 4.74 Å². The van der Waals surface area contributed by atoms with Crippen LogP contribution in [-0.4, -0.2) is 31.3 Å². The van der Waals surface area contributed by atoms with Crippen LogP contribution in [0.1, 0.15) is 12.8 Å². The quantitative estimate of drug-likeness (QED) is 0.826. The Kier molecular flexibility index (Phi) is 3.59. The average Bonchev–Trinajstić information content (AvgIpc) is 2.29. The maximum Gasteiger partial charge on any atom is 0.0605 e. The second-order valence-corrected chi connectivity index (χ2v) is 4.70. The first kappa shape index (κ1) is 10.9. The van der Waals surface area contributed by atoms with Crippen LogP contribution in [0.15, 0.2) is 22.9 Å². The lowest BCUT2D eigenvalue weighted by atomic mass is 10.1. The van der Waals surface area contributed by atoms with Crippen LogP contribution in [0.3, 0.4) is 0 Å². The molecule has 1 aliphatic heterocycles. The van der Waals surface area contributed by atoms with E-state index in [1.165, 1.54) is 5.69 Å². The van der Waals surface area contributed by atoms with Gasteiger partial charge in [-0.3, -0.25) is 4.98 Å². The highest BCUT2D eigenvalue weighted by atomic mass is 79.9. The molecule has 0 unspecified atom stereocenters. The summed E-state index contributed by atoms with van der Waals surface area (Å²) in [5.41, 5.74) is 1.19. The number of hydrogen-bond acceptors (Lipinski definition) is 3. The smallest absolute Gasteiger partial charge is 0.0605 e. The Morgan fingerprint density at radius 2 is 2.13 bits per heavy atom. The normalized spacial score (nSPS) is 18.1. The van der Waals surface area contributed by atoms with E-state index >= 15 is 0 Å². The van der Waals surface area contributed by atoms with Crippen LogP contribution in [-0.2, 0) is 4.74 Å². The van der Waals surface area contributed by atoms with Crippen molar-refractivity contribution in [1.82, 2.24) is 4.98 Å². The Balaban J connectivity index is 2.01. The molecule has 3 nitrogen and oxygen atoms in total. The topological polar surface area (TPSA) is 25.4 Å². The lowest BCUT2D eigenvalue weighted by molar-refractivity contribution is 0.0819. The number of anilines is 1. The van der Waals surface area contributed by atoms with E-state index in [9.17, 15) is 0 Å². The maximum atomic E-state index is 5.35. The van der Waals surface area contributed by atoms with Crippen LogP contribution in [0, 0.1) is 0 Å². The summed E-state index contributed by atoms with van der Waals surface area (Å²) in [7, 11) is 1.79. The fourth-order valence-corrected chi connectivity index (χ4v) is 2.28. The SMILES string of the molecule is COC1CCN(c2cncc(Br)c2)CC1. The van der Waals surface area contributed by atoms with E-state index < -0.39 is 0 Å². The molecule has 15 heavy (non-hydrogen) atoms. The van der Waals surface area contributed by atoms with Crippen molar-refractivity contribution in [3.8, 4) is 0 Å². The molecule has 0 spiro atoms. The van der Waals surface area contributed by atoms with E-state index in [4.69, 9.17) is 4.74 Å². The molecule has 1 saturated heterocycles. The Morgan fingerprint density at radius 3 is 2.73 bits per heavy atom. The van der Waals surface area contributed by atoms with Gasteiger partial charge in [-0.1, -0.05) is 0 Å². The minimum atomic E-state index is 0.432. The number of halogens is 1. The number of aromatic nitrogens is 1. The summed E-state index contributed by atoms with van der Waals surface area (Å²) in [6, 6.07) is 2.11. The molecule has 0 radical (unpaired) electrons. The number of hydrogen-bond donors (Lipinski definition) is 0. The third-order valence-electron chi connectivity index (χ3n) is 2.83. The first-order valence-corrected chi connectivity index (χ1v) is 5.97. The largest absolute Gasteiger partial charge is 0.381 e. The first-order valence-electron chi connectivity index (χ1n) is 5.18. The molecule has 2 rings (SSSR count). The van der Waals surface area contributed by atoms with Gasteiger partial charge in [0, 0.05) is 30.9 Å². The Morgan fingerprint density at radius 1 is 1.40 bits per heavy atom. The fraction of sp³-hybridized carbons (Fsp3) is 0.545. The Hall–Kier alpha value is -0.610. The molecule has 4 heteroatoms. The highest BCUT2D eigenvalue weighted by Crippen LogP contribution is 2.22. The molecule has 0 N–H and O–H groups in total. The molecule has 1 fully saturated rings. The van der Waals surface area contributed by atoms with Gasteiger partial charge in [0.1, 0.15) is 0 Å². The second kappa shape index (κ2) is 4.94. The fourth-order valence-electron chi connectivity index (χ4n) is 1.92. The van der Waals surface area contributed by atoms with E-state index in [1.807, 2.05) is 12.4 Å². The summed E-state index contributed by atoms with van der Waals surface area (Å²) in [6.07, 6.45) is 6.36. The van der Waals surface area contributed by atoms with Crippen molar-refractivity contribution in [2.24, 2.45) is 0 Å². The van der Waals surface area contributed by atoms with E-state index in [0.717, 1.165) is 30.4 Å². The standard InChI is InChI=1S/C11H15BrN2O/c1-15-11-2-4-14(5-3-11)10-6-9(12)7-13-8-10/h6-8,11H,2-5H2,1H3. The molecule has 0 bridgehead atoms. The van der Waals surface area contributed by atoms with Gasteiger partial charge >= 0.3 is 0 Å². The van der Waals surface area contributed by atoms with Gasteiger partial charge in [-0.15, -0.1) is 0 Å². The summed E-state index contributed by atoms with van der Waals surface area (Å²) >= 11 is 3.44. The summed E-state index contributed by atoms with van der Waals surface area (Å²) in [5.74, 6) is 0. The van der Waals surface area contributed by atoms with Gasteiger partial charge in [0.05, 0.1) is 18.0 Å². The third-order valence-corrected chi connectivity index (χ3v) is 3.26. The van der Waals surface area contributed by atoms with Gasteiger partial charge in [0.2, 0.25) is 0 Å². The van der Waals surface area contributed by atoms with Crippen molar-refractivity contribution in [3.63, 3.8) is 0 Å². The summed E-state index contributed by atoms with van der Waals surface area (Å²) < 4.78 is 6.38. The Bertz CT molecular complexity index is 324. The molecule has 1 aliphatic rings. The van der Waals surface area contributed by atoms with Crippen molar-refractivity contribution >= 4 is 21.6 Å². The zero-order valence-electron chi connectivity index (χ0n) is 8.82. The van der Waals surface area contributed by atoms with Crippen LogP contribution < -0.4 is 4.90 Å². The summed E-state index contributed by atoms with van der Waals surface area (Å²) in [5, 5.41) is 0. The highest BCUT2D eigenvalue weighted by molar-refractivity contribution is 9.10. The number of piperidine rings is 1. The van der Waals surface area contributed by atoms with Gasteiger partial charge in [0.15, 0.2) is 0 Å². The van der Waals surface area contributed by atoms with Crippen LogP contribution in [0.2, 0.25) is 0 Å². The molecule has 1 aromatic heterocycles. The van der Waals surface area contributed by atoms with Crippen LogP contribution in [0.25, 0.3) is 0 Å². The van der Waals surface area contributed by atoms with E-state index in [0.29, 0.717) is 6.10 Å². The summed E-state index contributed by atoms with van der Waals surface area (Å²) in [4.78, 5) is 6.53. The first-order chi connectivity index (χ1) is 7.29. The number of rotatable bonds is 2. The minimum absolute atomic E-state index is 0.432. The van der Waals surface area contributed by atoms with Crippen molar-refractivity contribution in [1.29, 1.82) is 0 Å². The predicted octanol–water partition coefficient (Wildman–Crippen LogP) is 2.46. The zero-order chi connectivity index (χ0) is 10.7. The van der Waals surface area contributed by atoms with E-state index in [2.05, 4.69) is 31.9 Å². The molecule has 0 saturated carbocycles. The molecule has 0 aliphatic carbocycles. The molecular formula is C11H15BrN2O. The molecule has 1 aromatic rings. The zero-order valence-corrected chi connectivity index (χ0v) is 10.4. The number of nitrogens with zero attached hydrogens (tertiary/aromatic N) is 2. The van der Waals surface area contributed by atoms with Gasteiger partial charge in [-0.2, -0.15) is 0 Å². The number of ether oxygens (including phenoxy) is 1.